The van der Waals surface area contributed by atoms with Gasteiger partial charge in [0.25, 0.3) is 0 Å². The van der Waals surface area contributed by atoms with Crippen LogP contribution in [0.3, 0.4) is 0 Å². The molecule has 0 aliphatic rings. The highest BCUT2D eigenvalue weighted by molar-refractivity contribution is 6.84. The fourth-order valence-electron chi connectivity index (χ4n) is 2.94. The highest BCUT2D eigenvalue weighted by Crippen LogP contribution is 2.85. The molecule has 0 heterocycles. The van der Waals surface area contributed by atoms with Gasteiger partial charge in [0, 0.05) is 0 Å². The van der Waals surface area contributed by atoms with Crippen molar-refractivity contribution < 1.29 is 0 Å². The minimum absolute atomic E-state index is 3.18. The summed E-state index contributed by atoms with van der Waals surface area (Å²) in [7, 11) is 0. The van der Waals surface area contributed by atoms with Crippen LogP contribution in [-0.4, -0.2) is 45.5 Å². The van der Waals surface area contributed by atoms with Crippen LogP contribution in [0.15, 0.2) is 0 Å². The van der Waals surface area contributed by atoms with Crippen LogP contribution in [-0.2, 0) is 0 Å². The van der Waals surface area contributed by atoms with Crippen LogP contribution in [0.5, 0.6) is 0 Å². The standard InChI is InChI=1S/C12Cl26/c13-2(6(20,21)11(33,34)35,7(22,23)12(36,37)38)1(3(14,15)8(24,25)26,4(16,17)9(27,28)29)5(18,19)10(30,31)32. The van der Waals surface area contributed by atoms with Crippen LogP contribution in [0.1, 0.15) is 0 Å². The molecule has 0 fully saturated rings. The molecule has 230 valence electrons. The minimum atomic E-state index is -3.99. The third kappa shape index (κ3) is 6.94. The second kappa shape index (κ2) is 13.3. The fourth-order valence-corrected chi connectivity index (χ4v) is 10.8. The lowest BCUT2D eigenvalue weighted by Gasteiger charge is -2.70. The maximum absolute atomic E-state index is 7.02. The molecular formula is C12Cl26. The normalized spacial score (nSPS) is 17.2. The van der Waals surface area contributed by atoms with Crippen LogP contribution in [0.25, 0.3) is 0 Å². The monoisotopic (exact) mass is 1050 g/mol. The van der Waals surface area contributed by atoms with Crippen molar-refractivity contribution in [2.75, 3.05) is 0 Å². The van der Waals surface area contributed by atoms with Gasteiger partial charge in [0.05, 0.1) is 0 Å². The predicted octanol–water partition coefficient (Wildman–Crippen LogP) is 15.7. The number of alkyl halides is 26. The van der Waals surface area contributed by atoms with Crippen molar-refractivity contribution in [3.8, 4) is 0 Å². The number of hydrogen-bond donors (Lipinski definition) is 0. The summed E-state index contributed by atoms with van der Waals surface area (Å²) in [6.07, 6.45) is 0. The maximum atomic E-state index is 7.02. The summed E-state index contributed by atoms with van der Waals surface area (Å²) in [4.78, 5) is -3.91. The van der Waals surface area contributed by atoms with Gasteiger partial charge < -0.3 is 0 Å². The summed E-state index contributed by atoms with van der Waals surface area (Å²) < 4.78 is -34.2. The molecule has 0 aliphatic heterocycles. The molecule has 0 saturated carbocycles. The van der Waals surface area contributed by atoms with Crippen molar-refractivity contribution in [2.45, 2.75) is 45.5 Å². The van der Waals surface area contributed by atoms with Gasteiger partial charge in [-0.15, -0.1) is 11.6 Å². The van der Waals surface area contributed by atoms with Crippen LogP contribution in [0.4, 0.5) is 0 Å². The van der Waals surface area contributed by atoms with Gasteiger partial charge in [0.2, 0.25) is 19.0 Å². The highest BCUT2D eigenvalue weighted by Gasteiger charge is 2.96. The molecule has 26 heteroatoms. The van der Waals surface area contributed by atoms with Crippen LogP contribution in [0, 0.1) is 5.41 Å². The van der Waals surface area contributed by atoms with Crippen LogP contribution in [0.2, 0.25) is 0 Å². The van der Waals surface area contributed by atoms with Gasteiger partial charge in [-0.1, -0.05) is 290 Å². The molecule has 0 amide bonds. The van der Waals surface area contributed by atoms with Gasteiger partial charge in [0.1, 0.15) is 10.3 Å². The SMILES string of the molecule is ClC(Cl)(Cl)C(Cl)(Cl)C(Cl)(C(Cl)(Cl)C(Cl)(Cl)Cl)C(C(Cl)(Cl)C(Cl)(Cl)Cl)(C(Cl)(Cl)C(Cl)(Cl)Cl)C(Cl)(Cl)C(Cl)(Cl)Cl. The molecule has 0 aromatic carbocycles. The Morgan fingerprint density at radius 1 is 0.184 bits per heavy atom. The molecule has 0 bridgehead atoms. The first-order chi connectivity index (χ1) is 15.8. The van der Waals surface area contributed by atoms with Crippen molar-refractivity contribution >= 4 is 302 Å². The first-order valence-corrected chi connectivity index (χ1v) is 17.5. The summed E-state index contributed by atoms with van der Waals surface area (Å²) in [6.45, 7) is 0. The third-order valence-electron chi connectivity index (χ3n) is 4.58. The lowest BCUT2D eigenvalue weighted by molar-refractivity contribution is 0.0810. The van der Waals surface area contributed by atoms with Gasteiger partial charge in [-0.25, -0.2) is 0 Å². The van der Waals surface area contributed by atoms with Gasteiger partial charge in [-0.05, 0) is 0 Å². The Kier molecular flexibility index (Phi) is 16.0. The Hall–Kier alpha value is 7.54. The molecule has 0 aliphatic carbocycles. The summed E-state index contributed by atoms with van der Waals surface area (Å²) in [5, 5.41) is 0. The molecule has 0 rings (SSSR count). The molecular weight excluding hydrogens is 1070 g/mol. The number of halogens is 26. The van der Waals surface area contributed by atoms with E-state index in [-0.39, 0.29) is 0 Å². The molecule has 0 unspecified atom stereocenters. The topological polar surface area (TPSA) is 0 Å². The Balaban J connectivity index is 9.59. The molecule has 0 saturated heterocycles. The Bertz CT molecular complexity index is 761. The van der Waals surface area contributed by atoms with Crippen molar-refractivity contribution in [3.63, 3.8) is 0 Å². The second-order valence-corrected chi connectivity index (χ2v) is 25.4. The average Bonchev–Trinajstić information content (AvgIpc) is 2.55. The molecule has 0 radical (unpaired) electrons. The molecule has 0 atom stereocenters. The largest absolute Gasteiger partial charge is 0.224 e. The Labute approximate surface area is 347 Å². The highest BCUT2D eigenvalue weighted by atomic mass is 35.6. The minimum Gasteiger partial charge on any atom is -0.111 e. The zero-order chi connectivity index (χ0) is 32.0. The smallest absolute Gasteiger partial charge is 0.111 e. The van der Waals surface area contributed by atoms with E-state index in [0.717, 1.165) is 0 Å². The van der Waals surface area contributed by atoms with E-state index in [1.54, 1.807) is 0 Å². The zero-order valence-corrected chi connectivity index (χ0v) is 35.5. The summed E-state index contributed by atoms with van der Waals surface area (Å²) in [5.41, 5.74) is -3.99. The molecule has 38 heavy (non-hydrogen) atoms. The van der Waals surface area contributed by atoms with Crippen molar-refractivity contribution in [1.82, 2.24) is 0 Å². The van der Waals surface area contributed by atoms with Crippen molar-refractivity contribution in [1.29, 1.82) is 0 Å². The molecule has 0 spiro atoms. The first kappa shape index (κ1) is 45.5. The van der Waals surface area contributed by atoms with Crippen LogP contribution < -0.4 is 0 Å². The van der Waals surface area contributed by atoms with E-state index in [1.807, 2.05) is 0 Å². The lowest BCUT2D eigenvalue weighted by Crippen LogP contribution is -2.86. The van der Waals surface area contributed by atoms with Gasteiger partial charge in [-0.2, -0.15) is 0 Å². The molecule has 0 N–H and O–H groups in total. The van der Waals surface area contributed by atoms with E-state index >= 15 is 0 Å². The zero-order valence-electron chi connectivity index (χ0n) is 15.8. The molecule has 0 nitrogen and oxygen atoms in total. The quantitative estimate of drug-likeness (QED) is 0.233. The summed E-state index contributed by atoms with van der Waals surface area (Å²) in [6, 6.07) is 0. The number of rotatable bonds is 6. The summed E-state index contributed by atoms with van der Waals surface area (Å²) >= 11 is 164. The van der Waals surface area contributed by atoms with E-state index in [1.165, 1.54) is 0 Å². The summed E-state index contributed by atoms with van der Waals surface area (Å²) in [5.74, 6) is 0. The van der Waals surface area contributed by atoms with E-state index in [2.05, 4.69) is 0 Å². The van der Waals surface area contributed by atoms with Crippen molar-refractivity contribution in [2.24, 2.45) is 5.41 Å². The first-order valence-electron chi connectivity index (χ1n) is 7.66. The van der Waals surface area contributed by atoms with E-state index < -0.39 is 50.9 Å². The Morgan fingerprint density at radius 3 is 0.421 bits per heavy atom. The number of hydrogen-bond acceptors (Lipinski definition) is 0. The fraction of sp³-hybridized carbons (Fsp3) is 1.00. The van der Waals surface area contributed by atoms with E-state index in [0.29, 0.717) is 0 Å². The maximum Gasteiger partial charge on any atom is 0.224 e. The van der Waals surface area contributed by atoms with Gasteiger partial charge in [-0.3, -0.25) is 0 Å². The predicted molar refractivity (Wildman–Crippen MR) is 185 cm³/mol. The van der Waals surface area contributed by atoms with Crippen LogP contribution >= 0.6 is 302 Å². The van der Waals surface area contributed by atoms with E-state index in [9.17, 15) is 0 Å². The second-order valence-electron chi connectivity index (χ2n) is 6.77. The third-order valence-corrected chi connectivity index (χ3v) is 18.6. The molecule has 0 aromatic rings. The Morgan fingerprint density at radius 2 is 0.316 bits per heavy atom. The van der Waals surface area contributed by atoms with Gasteiger partial charge in [0.15, 0.2) is 21.7 Å². The van der Waals surface area contributed by atoms with Crippen molar-refractivity contribution in [3.05, 3.63) is 0 Å². The lowest BCUT2D eigenvalue weighted by atomic mass is 9.63. The molecule has 0 aromatic heterocycles. The van der Waals surface area contributed by atoms with E-state index in [4.69, 9.17) is 302 Å². The van der Waals surface area contributed by atoms with Gasteiger partial charge >= 0.3 is 0 Å². The average molecular weight is 1070 g/mol.